The predicted molar refractivity (Wildman–Crippen MR) is 44.1 cm³/mol. The summed E-state index contributed by atoms with van der Waals surface area (Å²) in [6.07, 6.45) is 1.32. The molecule has 0 atom stereocenters. The van der Waals surface area contributed by atoms with E-state index < -0.39 is 5.69 Å². The van der Waals surface area contributed by atoms with E-state index in [9.17, 15) is 4.79 Å². The third-order valence-corrected chi connectivity index (χ3v) is 1.03. The van der Waals surface area contributed by atoms with E-state index in [0.717, 1.165) is 4.68 Å². The molecule has 0 unspecified atom stereocenters. The van der Waals surface area contributed by atoms with Crippen molar-refractivity contribution in [1.29, 1.82) is 0 Å². The maximum Gasteiger partial charge on any atom is 0.370 e. The predicted octanol–water partition coefficient (Wildman–Crippen LogP) is -2.14. The van der Waals surface area contributed by atoms with Crippen LogP contribution in [-0.4, -0.2) is 15.6 Å². The van der Waals surface area contributed by atoms with E-state index in [0.29, 0.717) is 0 Å². The molecule has 0 aromatic carbocycles. The monoisotopic (exact) mass is 168 g/mol. The van der Waals surface area contributed by atoms with E-state index in [-0.39, 0.29) is 11.8 Å². The number of nitrogens with zero attached hydrogens (tertiary/aromatic N) is 3. The molecule has 1 rings (SSSR count). The van der Waals surface area contributed by atoms with Gasteiger partial charge in [0.25, 0.3) is 0 Å². The van der Waals surface area contributed by atoms with Gasteiger partial charge in [0, 0.05) is 6.20 Å². The summed E-state index contributed by atoms with van der Waals surface area (Å²) >= 11 is 0. The number of rotatable bonds is 1. The second-order valence-corrected chi connectivity index (χ2v) is 2.00. The van der Waals surface area contributed by atoms with Crippen LogP contribution in [0.15, 0.2) is 22.2 Å². The number of guanidine groups is 1. The summed E-state index contributed by atoms with van der Waals surface area (Å²) in [4.78, 5) is 14.3. The lowest BCUT2D eigenvalue weighted by Gasteiger charge is -1.96. The summed E-state index contributed by atoms with van der Waals surface area (Å²) in [5.41, 5.74) is 14.7. The molecule has 0 aliphatic rings. The molecule has 1 heterocycles. The molecule has 0 saturated carbocycles. The molecule has 6 N–H and O–H groups in total. The van der Waals surface area contributed by atoms with E-state index in [1.807, 2.05) is 0 Å². The quantitative estimate of drug-likeness (QED) is 0.326. The highest BCUT2D eigenvalue weighted by Crippen LogP contribution is 1.87. The maximum atomic E-state index is 10.9. The molecule has 0 aliphatic carbocycles. The smallest absolute Gasteiger partial charge is 0.370 e. The summed E-state index contributed by atoms with van der Waals surface area (Å²) in [6, 6.07) is 1.41. The van der Waals surface area contributed by atoms with Gasteiger partial charge in [0.1, 0.15) is 5.82 Å². The average molecular weight is 168 g/mol. The van der Waals surface area contributed by atoms with Crippen molar-refractivity contribution in [2.24, 2.45) is 16.6 Å². The number of hydrogen-bond donors (Lipinski definition) is 3. The lowest BCUT2D eigenvalue weighted by atomic mass is 10.6. The molecule has 7 heteroatoms. The fourth-order valence-electron chi connectivity index (χ4n) is 0.610. The van der Waals surface area contributed by atoms with Gasteiger partial charge in [-0.3, -0.25) is 0 Å². The van der Waals surface area contributed by atoms with Gasteiger partial charge in [0.15, 0.2) is 0 Å². The number of nitrogens with two attached hydrogens (primary N) is 3. The molecule has 1 aromatic rings. The van der Waals surface area contributed by atoms with Crippen LogP contribution in [0.4, 0.5) is 5.82 Å². The molecule has 0 amide bonds. The largest absolute Gasteiger partial charge is 0.383 e. The minimum absolute atomic E-state index is 0.127. The van der Waals surface area contributed by atoms with Gasteiger partial charge in [-0.2, -0.15) is 9.66 Å². The van der Waals surface area contributed by atoms with E-state index >= 15 is 0 Å². The van der Waals surface area contributed by atoms with Gasteiger partial charge in [-0.1, -0.05) is 0 Å². The van der Waals surface area contributed by atoms with Crippen LogP contribution >= 0.6 is 0 Å². The van der Waals surface area contributed by atoms with Gasteiger partial charge in [0.05, 0.1) is 0 Å². The fourth-order valence-corrected chi connectivity index (χ4v) is 0.610. The van der Waals surface area contributed by atoms with Crippen molar-refractivity contribution in [2.45, 2.75) is 0 Å². The first-order valence-corrected chi connectivity index (χ1v) is 3.04. The number of hydrogen-bond acceptors (Lipinski definition) is 4. The Hall–Kier alpha value is -2.05. The SMILES string of the molecule is NC(N)=Nn1ccc(N)nc1=O. The maximum absolute atomic E-state index is 10.9. The average Bonchev–Trinajstić information content (AvgIpc) is 1.94. The molecule has 7 nitrogen and oxygen atoms in total. The summed E-state index contributed by atoms with van der Waals surface area (Å²) in [7, 11) is 0. The Morgan fingerprint density at radius 1 is 1.58 bits per heavy atom. The standard InChI is InChI=1S/C5H8N6O/c6-3-1-2-11(5(12)9-3)10-4(7)8/h1-2H,(H2,6,9,12)(H4,7,8,10). The van der Waals surface area contributed by atoms with Crippen molar-refractivity contribution in [3.8, 4) is 0 Å². The van der Waals surface area contributed by atoms with Crippen molar-refractivity contribution >= 4 is 11.8 Å². The third-order valence-electron chi connectivity index (χ3n) is 1.03. The van der Waals surface area contributed by atoms with Crippen molar-refractivity contribution in [3.63, 3.8) is 0 Å². The zero-order chi connectivity index (χ0) is 9.14. The van der Waals surface area contributed by atoms with Gasteiger partial charge >= 0.3 is 5.69 Å². The Morgan fingerprint density at radius 3 is 2.75 bits per heavy atom. The summed E-state index contributed by atoms with van der Waals surface area (Å²) < 4.78 is 0.895. The Labute approximate surface area is 67.5 Å². The van der Waals surface area contributed by atoms with Crippen molar-refractivity contribution < 1.29 is 0 Å². The van der Waals surface area contributed by atoms with Gasteiger partial charge in [-0.15, -0.1) is 5.10 Å². The lowest BCUT2D eigenvalue weighted by Crippen LogP contribution is -2.28. The minimum Gasteiger partial charge on any atom is -0.383 e. The highest BCUT2D eigenvalue weighted by molar-refractivity contribution is 5.75. The van der Waals surface area contributed by atoms with Crippen LogP contribution in [0.5, 0.6) is 0 Å². The molecule has 12 heavy (non-hydrogen) atoms. The zero-order valence-electron chi connectivity index (χ0n) is 6.14. The first-order chi connectivity index (χ1) is 5.59. The van der Waals surface area contributed by atoms with Gasteiger partial charge in [-0.05, 0) is 6.07 Å². The molecule has 0 fully saturated rings. The molecule has 0 spiro atoms. The van der Waals surface area contributed by atoms with Crippen molar-refractivity contribution in [3.05, 3.63) is 22.7 Å². The minimum atomic E-state index is -0.622. The number of aromatic nitrogens is 2. The summed E-state index contributed by atoms with van der Waals surface area (Å²) in [5, 5.41) is 3.46. The van der Waals surface area contributed by atoms with Crippen molar-refractivity contribution in [2.75, 3.05) is 5.73 Å². The van der Waals surface area contributed by atoms with Crippen LogP contribution < -0.4 is 22.9 Å². The van der Waals surface area contributed by atoms with Gasteiger partial charge < -0.3 is 17.2 Å². The van der Waals surface area contributed by atoms with Crippen LogP contribution in [0.25, 0.3) is 0 Å². The molecule has 1 aromatic heterocycles. The van der Waals surface area contributed by atoms with Crippen LogP contribution in [0.1, 0.15) is 0 Å². The van der Waals surface area contributed by atoms with E-state index in [2.05, 4.69) is 10.1 Å². The molecule has 0 aliphatic heterocycles. The molecule has 0 radical (unpaired) electrons. The Balaban J connectivity index is 3.20. The fraction of sp³-hybridized carbons (Fsp3) is 0. The first kappa shape index (κ1) is 8.05. The van der Waals surface area contributed by atoms with E-state index in [1.165, 1.54) is 12.3 Å². The molecule has 0 saturated heterocycles. The highest BCUT2D eigenvalue weighted by atomic mass is 16.1. The molecular formula is C5H8N6O. The summed E-state index contributed by atoms with van der Waals surface area (Å²) in [6.45, 7) is 0. The Kier molecular flexibility index (Phi) is 1.95. The molecule has 64 valence electrons. The highest BCUT2D eigenvalue weighted by Gasteiger charge is 1.94. The summed E-state index contributed by atoms with van der Waals surface area (Å²) in [5.74, 6) is -0.0919. The van der Waals surface area contributed by atoms with E-state index in [4.69, 9.17) is 17.2 Å². The van der Waals surface area contributed by atoms with Crippen LogP contribution in [0, 0.1) is 0 Å². The third kappa shape index (κ3) is 1.72. The Bertz CT molecular complexity index is 362. The normalized spacial score (nSPS) is 9.33. The Morgan fingerprint density at radius 2 is 2.25 bits per heavy atom. The van der Waals surface area contributed by atoms with Crippen molar-refractivity contribution in [1.82, 2.24) is 9.66 Å². The van der Waals surface area contributed by atoms with Crippen LogP contribution in [0.2, 0.25) is 0 Å². The second kappa shape index (κ2) is 2.91. The van der Waals surface area contributed by atoms with E-state index in [1.54, 1.807) is 0 Å². The zero-order valence-corrected chi connectivity index (χ0v) is 6.14. The lowest BCUT2D eigenvalue weighted by molar-refractivity contribution is 0.782. The van der Waals surface area contributed by atoms with Crippen LogP contribution in [0.3, 0.4) is 0 Å². The first-order valence-electron chi connectivity index (χ1n) is 3.04. The van der Waals surface area contributed by atoms with Gasteiger partial charge in [0.2, 0.25) is 5.96 Å². The van der Waals surface area contributed by atoms with Gasteiger partial charge in [-0.25, -0.2) is 4.79 Å². The molecular weight excluding hydrogens is 160 g/mol. The molecule has 0 bridgehead atoms. The number of anilines is 1. The van der Waals surface area contributed by atoms with Crippen LogP contribution in [-0.2, 0) is 0 Å². The topological polar surface area (TPSA) is 125 Å². The second-order valence-electron chi connectivity index (χ2n) is 2.00. The number of nitrogen functional groups attached to an aromatic ring is 1.